The molecule has 23 heavy (non-hydrogen) atoms. The molecule has 0 radical (unpaired) electrons. The van der Waals surface area contributed by atoms with E-state index in [1.807, 2.05) is 0 Å². The first kappa shape index (κ1) is 15.5. The van der Waals surface area contributed by atoms with E-state index >= 15 is 0 Å². The largest absolute Gasteiger partial charge is 0.444 e. The summed E-state index contributed by atoms with van der Waals surface area (Å²) in [7, 11) is 0. The Morgan fingerprint density at radius 3 is 2.78 bits per heavy atom. The van der Waals surface area contributed by atoms with Gasteiger partial charge in [0, 0.05) is 24.6 Å². The van der Waals surface area contributed by atoms with Gasteiger partial charge in [-0.1, -0.05) is 12.8 Å². The van der Waals surface area contributed by atoms with E-state index in [1.54, 1.807) is 18.4 Å². The second kappa shape index (κ2) is 7.26. The van der Waals surface area contributed by atoms with Gasteiger partial charge in [-0.05, 0) is 37.1 Å². The molecule has 1 aromatic carbocycles. The third kappa shape index (κ3) is 4.31. The molecule has 5 nitrogen and oxygen atoms in total. The van der Waals surface area contributed by atoms with Crippen LogP contribution in [0.15, 0.2) is 39.9 Å². The van der Waals surface area contributed by atoms with Crippen molar-refractivity contribution in [3.05, 3.63) is 42.0 Å². The van der Waals surface area contributed by atoms with E-state index in [1.165, 1.54) is 37.8 Å². The Labute approximate surface area is 134 Å². The van der Waals surface area contributed by atoms with Crippen LogP contribution in [0.2, 0.25) is 0 Å². The predicted molar refractivity (Wildman–Crippen MR) is 87.5 cm³/mol. The van der Waals surface area contributed by atoms with Crippen LogP contribution in [0.3, 0.4) is 0 Å². The van der Waals surface area contributed by atoms with Crippen LogP contribution in [-0.4, -0.2) is 23.5 Å². The summed E-state index contributed by atoms with van der Waals surface area (Å²) < 4.78 is 18.3. The summed E-state index contributed by atoms with van der Waals surface area (Å²) in [6, 6.07) is 6.53. The Bertz CT molecular complexity index is 659. The molecule has 1 saturated carbocycles. The maximum absolute atomic E-state index is 12.9. The van der Waals surface area contributed by atoms with Gasteiger partial charge in [-0.3, -0.25) is 4.99 Å². The molecular weight excluding hydrogens is 295 g/mol. The topological polar surface area (TPSA) is 76.4 Å². The Morgan fingerprint density at radius 2 is 2.04 bits per heavy atom. The van der Waals surface area contributed by atoms with Gasteiger partial charge in [0.25, 0.3) is 0 Å². The molecule has 122 valence electrons. The van der Waals surface area contributed by atoms with E-state index < -0.39 is 0 Å². The van der Waals surface area contributed by atoms with Crippen LogP contribution in [0.1, 0.15) is 31.4 Å². The molecule has 1 heterocycles. The first-order valence-corrected chi connectivity index (χ1v) is 7.97. The van der Waals surface area contributed by atoms with Crippen LogP contribution in [0, 0.1) is 5.82 Å². The summed E-state index contributed by atoms with van der Waals surface area (Å²) in [5, 5.41) is 3.25. The summed E-state index contributed by atoms with van der Waals surface area (Å²) in [6.07, 6.45) is 7.11. The van der Waals surface area contributed by atoms with Crippen molar-refractivity contribution >= 4 is 5.96 Å². The van der Waals surface area contributed by atoms with Gasteiger partial charge < -0.3 is 15.5 Å². The fraction of sp³-hybridized carbons (Fsp3) is 0.412. The smallest absolute Gasteiger partial charge is 0.226 e. The molecule has 3 N–H and O–H groups in total. The van der Waals surface area contributed by atoms with E-state index in [2.05, 4.69) is 15.3 Å². The number of aromatic nitrogens is 1. The number of rotatable bonds is 5. The number of oxazole rings is 1. The van der Waals surface area contributed by atoms with Crippen LogP contribution in [0.25, 0.3) is 11.5 Å². The minimum Gasteiger partial charge on any atom is -0.444 e. The van der Waals surface area contributed by atoms with Gasteiger partial charge in [0.2, 0.25) is 5.89 Å². The van der Waals surface area contributed by atoms with Crippen molar-refractivity contribution in [2.75, 3.05) is 6.54 Å². The average Bonchev–Trinajstić information content (AvgIpc) is 3.20. The molecule has 0 bridgehead atoms. The van der Waals surface area contributed by atoms with Gasteiger partial charge in [-0.2, -0.15) is 0 Å². The molecule has 0 spiro atoms. The summed E-state index contributed by atoms with van der Waals surface area (Å²) in [4.78, 5) is 8.72. The highest BCUT2D eigenvalue weighted by atomic mass is 19.1. The van der Waals surface area contributed by atoms with Gasteiger partial charge >= 0.3 is 0 Å². The zero-order chi connectivity index (χ0) is 16.1. The molecule has 3 rings (SSSR count). The highest BCUT2D eigenvalue weighted by Gasteiger charge is 2.14. The van der Waals surface area contributed by atoms with Crippen molar-refractivity contribution in [2.45, 2.75) is 38.1 Å². The molecule has 6 heteroatoms. The lowest BCUT2D eigenvalue weighted by Crippen LogP contribution is -2.38. The standard InChI is InChI=1S/C17H21FN4O/c18-13-7-5-12(6-8-13)16-21-15(11-23-16)9-10-20-17(19)22-14-3-1-2-4-14/h5-8,11,14H,1-4,9-10H2,(H3,19,20,22). The number of halogens is 1. The monoisotopic (exact) mass is 316 g/mol. The lowest BCUT2D eigenvalue weighted by molar-refractivity contribution is 0.572. The van der Waals surface area contributed by atoms with E-state index in [4.69, 9.17) is 10.2 Å². The van der Waals surface area contributed by atoms with Crippen molar-refractivity contribution in [1.82, 2.24) is 10.3 Å². The van der Waals surface area contributed by atoms with Crippen molar-refractivity contribution in [3.8, 4) is 11.5 Å². The number of hydrogen-bond acceptors (Lipinski definition) is 3. The number of nitrogens with one attached hydrogen (secondary N) is 1. The summed E-state index contributed by atoms with van der Waals surface area (Å²) in [6.45, 7) is 0.556. The van der Waals surface area contributed by atoms with Gasteiger partial charge in [0.1, 0.15) is 12.1 Å². The first-order chi connectivity index (χ1) is 11.2. The Kier molecular flexibility index (Phi) is 4.90. The number of benzene rings is 1. The highest BCUT2D eigenvalue weighted by Crippen LogP contribution is 2.19. The van der Waals surface area contributed by atoms with E-state index in [-0.39, 0.29) is 5.82 Å². The van der Waals surface area contributed by atoms with E-state index in [9.17, 15) is 4.39 Å². The molecular formula is C17H21FN4O. The van der Waals surface area contributed by atoms with Crippen LogP contribution in [-0.2, 0) is 6.42 Å². The SMILES string of the molecule is NC(=NCCc1coc(-c2ccc(F)cc2)n1)NC1CCCC1. The molecule has 0 atom stereocenters. The number of nitrogens with two attached hydrogens (primary N) is 1. The van der Waals surface area contributed by atoms with Crippen LogP contribution < -0.4 is 11.1 Å². The van der Waals surface area contributed by atoms with E-state index in [0.29, 0.717) is 30.9 Å². The van der Waals surface area contributed by atoms with Crippen LogP contribution >= 0.6 is 0 Å². The summed E-state index contributed by atoms with van der Waals surface area (Å²) >= 11 is 0. The zero-order valence-corrected chi connectivity index (χ0v) is 13.0. The van der Waals surface area contributed by atoms with Crippen molar-refractivity contribution in [1.29, 1.82) is 0 Å². The molecule has 0 saturated heterocycles. The quantitative estimate of drug-likeness (QED) is 0.657. The minimum absolute atomic E-state index is 0.278. The molecule has 2 aromatic rings. The fourth-order valence-electron chi connectivity index (χ4n) is 2.76. The highest BCUT2D eigenvalue weighted by molar-refractivity contribution is 5.78. The first-order valence-electron chi connectivity index (χ1n) is 7.97. The van der Waals surface area contributed by atoms with Gasteiger partial charge in [0.05, 0.1) is 5.69 Å². The molecule has 0 amide bonds. The third-order valence-corrected chi connectivity index (χ3v) is 4.00. The Balaban J connectivity index is 1.51. The van der Waals surface area contributed by atoms with Crippen LogP contribution in [0.4, 0.5) is 4.39 Å². The second-order valence-electron chi connectivity index (χ2n) is 5.79. The lowest BCUT2D eigenvalue weighted by Gasteiger charge is -2.11. The molecule has 1 fully saturated rings. The van der Waals surface area contributed by atoms with Gasteiger partial charge in [-0.15, -0.1) is 0 Å². The Hall–Kier alpha value is -2.37. The van der Waals surface area contributed by atoms with Crippen molar-refractivity contribution in [3.63, 3.8) is 0 Å². The normalized spacial score (nSPS) is 16.0. The molecule has 0 aliphatic heterocycles. The zero-order valence-electron chi connectivity index (χ0n) is 13.0. The van der Waals surface area contributed by atoms with E-state index in [0.717, 1.165) is 11.3 Å². The molecule has 0 unspecified atom stereocenters. The third-order valence-electron chi connectivity index (χ3n) is 4.00. The van der Waals surface area contributed by atoms with Crippen LogP contribution in [0.5, 0.6) is 0 Å². The maximum atomic E-state index is 12.9. The van der Waals surface area contributed by atoms with Gasteiger partial charge in [-0.25, -0.2) is 9.37 Å². The van der Waals surface area contributed by atoms with Crippen molar-refractivity contribution in [2.24, 2.45) is 10.7 Å². The Morgan fingerprint density at radius 1 is 1.30 bits per heavy atom. The van der Waals surface area contributed by atoms with Crippen molar-refractivity contribution < 1.29 is 8.81 Å². The molecule has 1 aromatic heterocycles. The summed E-state index contributed by atoms with van der Waals surface area (Å²) in [5.74, 6) is 0.709. The van der Waals surface area contributed by atoms with Gasteiger partial charge in [0.15, 0.2) is 5.96 Å². The molecule has 1 aliphatic carbocycles. The average molecular weight is 316 g/mol. The second-order valence-corrected chi connectivity index (χ2v) is 5.79. The fourth-order valence-corrected chi connectivity index (χ4v) is 2.76. The number of guanidine groups is 1. The lowest BCUT2D eigenvalue weighted by atomic mass is 10.2. The number of hydrogen-bond donors (Lipinski definition) is 2. The number of aliphatic imine (C=N–C) groups is 1. The predicted octanol–water partition coefficient (Wildman–Crippen LogP) is 2.87. The molecule has 1 aliphatic rings. The summed E-state index contributed by atoms with van der Waals surface area (Å²) in [5.41, 5.74) is 7.45. The minimum atomic E-state index is -0.278. The number of nitrogens with zero attached hydrogens (tertiary/aromatic N) is 2. The maximum Gasteiger partial charge on any atom is 0.226 e.